The molecule has 18 heavy (non-hydrogen) atoms. The average molecular weight is 254 g/mol. The largest absolute Gasteiger partial charge is 0.379 e. The van der Waals surface area contributed by atoms with Crippen LogP contribution in [0.25, 0.3) is 0 Å². The van der Waals surface area contributed by atoms with Crippen LogP contribution >= 0.6 is 0 Å². The molecule has 2 fully saturated rings. The highest BCUT2D eigenvalue weighted by Gasteiger charge is 2.21. The number of hydrogen-bond donors (Lipinski definition) is 1. The SMILES string of the molecule is CN(CCOCC1CC1)C(=O)CCC1CCNC1. The molecule has 1 saturated carbocycles. The number of rotatable bonds is 8. The topological polar surface area (TPSA) is 41.6 Å². The third-order valence-electron chi connectivity index (χ3n) is 3.98. The Kier molecular flexibility index (Phi) is 5.45. The fourth-order valence-corrected chi connectivity index (χ4v) is 2.34. The first-order chi connectivity index (χ1) is 8.75. The normalized spacial score (nSPS) is 23.3. The molecule has 1 N–H and O–H groups in total. The Labute approximate surface area is 110 Å². The molecule has 1 heterocycles. The summed E-state index contributed by atoms with van der Waals surface area (Å²) in [6.45, 7) is 4.50. The van der Waals surface area contributed by atoms with Gasteiger partial charge >= 0.3 is 0 Å². The van der Waals surface area contributed by atoms with Gasteiger partial charge in [0.15, 0.2) is 0 Å². The summed E-state index contributed by atoms with van der Waals surface area (Å²) in [6.07, 6.45) is 5.58. The zero-order valence-electron chi connectivity index (χ0n) is 11.5. The van der Waals surface area contributed by atoms with Crippen LogP contribution in [-0.4, -0.2) is 50.7 Å². The lowest BCUT2D eigenvalue weighted by Crippen LogP contribution is -2.30. The van der Waals surface area contributed by atoms with E-state index < -0.39 is 0 Å². The molecule has 1 atom stereocenters. The lowest BCUT2D eigenvalue weighted by Gasteiger charge is -2.18. The van der Waals surface area contributed by atoms with Crippen LogP contribution in [0.15, 0.2) is 0 Å². The van der Waals surface area contributed by atoms with Crippen molar-refractivity contribution in [3.63, 3.8) is 0 Å². The van der Waals surface area contributed by atoms with E-state index in [9.17, 15) is 4.79 Å². The Bertz CT molecular complexity index is 261. The second-order valence-electron chi connectivity index (χ2n) is 5.73. The molecular formula is C14H26N2O2. The molecule has 0 bridgehead atoms. The summed E-state index contributed by atoms with van der Waals surface area (Å²) < 4.78 is 5.55. The first kappa shape index (κ1) is 13.8. The van der Waals surface area contributed by atoms with E-state index >= 15 is 0 Å². The molecule has 0 aromatic rings. The summed E-state index contributed by atoms with van der Waals surface area (Å²) in [5.41, 5.74) is 0. The molecule has 1 unspecified atom stereocenters. The van der Waals surface area contributed by atoms with Gasteiger partial charge in [-0.1, -0.05) is 0 Å². The maximum Gasteiger partial charge on any atom is 0.222 e. The predicted octanol–water partition coefficient (Wildman–Crippen LogP) is 1.26. The van der Waals surface area contributed by atoms with Crippen molar-refractivity contribution in [3.05, 3.63) is 0 Å². The van der Waals surface area contributed by atoms with Gasteiger partial charge in [-0.05, 0) is 50.6 Å². The third kappa shape index (κ3) is 4.94. The van der Waals surface area contributed by atoms with Gasteiger partial charge in [-0.2, -0.15) is 0 Å². The number of likely N-dealkylation sites (N-methyl/N-ethyl adjacent to an activating group) is 1. The minimum Gasteiger partial charge on any atom is -0.379 e. The van der Waals surface area contributed by atoms with Gasteiger partial charge < -0.3 is 15.0 Å². The molecule has 1 amide bonds. The highest BCUT2D eigenvalue weighted by molar-refractivity contribution is 5.75. The molecule has 1 saturated heterocycles. The Morgan fingerprint density at radius 2 is 2.17 bits per heavy atom. The van der Waals surface area contributed by atoms with Crippen molar-refractivity contribution in [2.75, 3.05) is 39.9 Å². The number of ether oxygens (including phenoxy) is 1. The monoisotopic (exact) mass is 254 g/mol. The van der Waals surface area contributed by atoms with Crippen molar-refractivity contribution in [1.82, 2.24) is 10.2 Å². The summed E-state index contributed by atoms with van der Waals surface area (Å²) in [6, 6.07) is 0. The summed E-state index contributed by atoms with van der Waals surface area (Å²) in [7, 11) is 1.88. The molecule has 0 aromatic carbocycles. The summed E-state index contributed by atoms with van der Waals surface area (Å²) in [4.78, 5) is 13.7. The number of carbonyl (C=O) groups excluding carboxylic acids is 1. The van der Waals surface area contributed by atoms with Gasteiger partial charge in [0.1, 0.15) is 0 Å². The predicted molar refractivity (Wildman–Crippen MR) is 71.4 cm³/mol. The van der Waals surface area contributed by atoms with Gasteiger partial charge in [-0.25, -0.2) is 0 Å². The number of nitrogens with zero attached hydrogens (tertiary/aromatic N) is 1. The standard InChI is InChI=1S/C14H26N2O2/c1-16(8-9-18-11-13-2-3-13)14(17)5-4-12-6-7-15-10-12/h12-13,15H,2-11H2,1H3. The molecule has 1 aliphatic heterocycles. The molecule has 4 heteroatoms. The maximum absolute atomic E-state index is 11.9. The van der Waals surface area contributed by atoms with Gasteiger partial charge in [0.2, 0.25) is 5.91 Å². The first-order valence-electron chi connectivity index (χ1n) is 7.28. The van der Waals surface area contributed by atoms with E-state index in [4.69, 9.17) is 4.74 Å². The maximum atomic E-state index is 11.9. The second-order valence-corrected chi connectivity index (χ2v) is 5.73. The quantitative estimate of drug-likeness (QED) is 0.663. The third-order valence-corrected chi connectivity index (χ3v) is 3.98. The molecule has 4 nitrogen and oxygen atoms in total. The van der Waals surface area contributed by atoms with Crippen LogP contribution < -0.4 is 5.32 Å². The van der Waals surface area contributed by atoms with Gasteiger partial charge in [0.25, 0.3) is 0 Å². The van der Waals surface area contributed by atoms with E-state index in [2.05, 4.69) is 5.32 Å². The minimum absolute atomic E-state index is 0.261. The Balaban J connectivity index is 1.49. The van der Waals surface area contributed by atoms with Gasteiger partial charge in [-0.15, -0.1) is 0 Å². The van der Waals surface area contributed by atoms with Crippen molar-refractivity contribution in [2.45, 2.75) is 32.1 Å². The summed E-state index contributed by atoms with van der Waals surface area (Å²) in [5, 5.41) is 3.34. The fourth-order valence-electron chi connectivity index (χ4n) is 2.34. The molecule has 0 spiro atoms. The van der Waals surface area contributed by atoms with Gasteiger partial charge in [-0.3, -0.25) is 4.79 Å². The fraction of sp³-hybridized carbons (Fsp3) is 0.929. The van der Waals surface area contributed by atoms with Crippen LogP contribution in [0.5, 0.6) is 0 Å². The Morgan fingerprint density at radius 3 is 2.83 bits per heavy atom. The molecule has 104 valence electrons. The van der Waals surface area contributed by atoms with Crippen molar-refractivity contribution >= 4 is 5.91 Å². The van der Waals surface area contributed by atoms with Crippen LogP contribution in [0.3, 0.4) is 0 Å². The van der Waals surface area contributed by atoms with Crippen LogP contribution in [0, 0.1) is 11.8 Å². The average Bonchev–Trinajstić information content (AvgIpc) is 3.05. The van der Waals surface area contributed by atoms with Crippen molar-refractivity contribution in [3.8, 4) is 0 Å². The van der Waals surface area contributed by atoms with Crippen molar-refractivity contribution in [2.24, 2.45) is 11.8 Å². The molecular weight excluding hydrogens is 228 g/mol. The van der Waals surface area contributed by atoms with E-state index in [0.29, 0.717) is 18.9 Å². The Hall–Kier alpha value is -0.610. The smallest absolute Gasteiger partial charge is 0.222 e. The molecule has 0 aromatic heterocycles. The van der Waals surface area contributed by atoms with E-state index in [1.165, 1.54) is 19.3 Å². The number of nitrogens with one attached hydrogen (secondary N) is 1. The van der Waals surface area contributed by atoms with Crippen LogP contribution in [0.2, 0.25) is 0 Å². The molecule has 1 aliphatic carbocycles. The van der Waals surface area contributed by atoms with Gasteiger partial charge in [0, 0.05) is 26.6 Å². The summed E-state index contributed by atoms with van der Waals surface area (Å²) >= 11 is 0. The minimum atomic E-state index is 0.261. The van der Waals surface area contributed by atoms with E-state index in [1.807, 2.05) is 11.9 Å². The number of carbonyl (C=O) groups is 1. The number of amides is 1. The van der Waals surface area contributed by atoms with E-state index in [0.717, 1.165) is 38.6 Å². The van der Waals surface area contributed by atoms with E-state index in [1.54, 1.807) is 0 Å². The van der Waals surface area contributed by atoms with Gasteiger partial charge in [0.05, 0.1) is 6.61 Å². The Morgan fingerprint density at radius 1 is 1.33 bits per heavy atom. The molecule has 0 radical (unpaired) electrons. The summed E-state index contributed by atoms with van der Waals surface area (Å²) in [5.74, 6) is 1.77. The van der Waals surface area contributed by atoms with Crippen molar-refractivity contribution < 1.29 is 9.53 Å². The zero-order chi connectivity index (χ0) is 12.8. The highest BCUT2D eigenvalue weighted by Crippen LogP contribution is 2.28. The lowest BCUT2D eigenvalue weighted by molar-refractivity contribution is -0.130. The lowest BCUT2D eigenvalue weighted by atomic mass is 10.0. The van der Waals surface area contributed by atoms with Crippen molar-refractivity contribution in [1.29, 1.82) is 0 Å². The van der Waals surface area contributed by atoms with Crippen LogP contribution in [0.1, 0.15) is 32.1 Å². The second kappa shape index (κ2) is 7.10. The van der Waals surface area contributed by atoms with Crippen LogP contribution in [-0.2, 0) is 9.53 Å². The highest BCUT2D eigenvalue weighted by atomic mass is 16.5. The van der Waals surface area contributed by atoms with Crippen LogP contribution in [0.4, 0.5) is 0 Å². The molecule has 2 rings (SSSR count). The zero-order valence-corrected chi connectivity index (χ0v) is 11.5. The number of hydrogen-bond acceptors (Lipinski definition) is 3. The van der Waals surface area contributed by atoms with E-state index in [-0.39, 0.29) is 5.91 Å². The first-order valence-corrected chi connectivity index (χ1v) is 7.28. The molecule has 2 aliphatic rings.